The van der Waals surface area contributed by atoms with Gasteiger partial charge in [-0.15, -0.1) is 0 Å². The van der Waals surface area contributed by atoms with Gasteiger partial charge >= 0.3 is 0 Å². The highest BCUT2D eigenvalue weighted by Crippen LogP contribution is 2.25. The molecule has 1 saturated heterocycles. The predicted molar refractivity (Wildman–Crippen MR) is 97.4 cm³/mol. The number of aromatic hydroxyl groups is 1. The van der Waals surface area contributed by atoms with Gasteiger partial charge in [0.2, 0.25) is 0 Å². The van der Waals surface area contributed by atoms with Crippen molar-refractivity contribution in [3.05, 3.63) is 59.4 Å². The molecule has 0 amide bonds. The largest absolute Gasteiger partial charge is 0.508 e. The maximum absolute atomic E-state index is 13.2. The molecular formula is C20H25FN2O2. The Morgan fingerprint density at radius 2 is 1.96 bits per heavy atom. The average molecular weight is 344 g/mol. The lowest BCUT2D eigenvalue weighted by Crippen LogP contribution is -2.43. The van der Waals surface area contributed by atoms with Crippen LogP contribution in [0.2, 0.25) is 0 Å². The predicted octanol–water partition coefficient (Wildman–Crippen LogP) is 3.13. The summed E-state index contributed by atoms with van der Waals surface area (Å²) in [6, 6.07) is 12.0. The number of aliphatic hydroxyl groups is 1. The normalized spacial score (nSPS) is 16.8. The summed E-state index contributed by atoms with van der Waals surface area (Å²) >= 11 is 0. The van der Waals surface area contributed by atoms with E-state index in [1.54, 1.807) is 24.3 Å². The number of halogens is 1. The van der Waals surface area contributed by atoms with E-state index in [2.05, 4.69) is 10.2 Å². The van der Waals surface area contributed by atoms with E-state index < -0.39 is 6.10 Å². The summed E-state index contributed by atoms with van der Waals surface area (Å²) in [6.45, 7) is 4.22. The Morgan fingerprint density at radius 3 is 2.64 bits per heavy atom. The molecule has 1 atom stereocenters. The van der Waals surface area contributed by atoms with Crippen molar-refractivity contribution in [3.8, 4) is 5.75 Å². The molecule has 4 nitrogen and oxygen atoms in total. The van der Waals surface area contributed by atoms with Gasteiger partial charge in [-0.2, -0.15) is 0 Å². The molecule has 5 heteroatoms. The van der Waals surface area contributed by atoms with Crippen LogP contribution in [0.15, 0.2) is 42.5 Å². The second-order valence-corrected chi connectivity index (χ2v) is 6.71. The maximum atomic E-state index is 13.2. The van der Waals surface area contributed by atoms with E-state index in [1.807, 2.05) is 19.1 Å². The highest BCUT2D eigenvalue weighted by atomic mass is 19.1. The van der Waals surface area contributed by atoms with Crippen molar-refractivity contribution in [2.75, 3.05) is 24.5 Å². The van der Waals surface area contributed by atoms with Crippen LogP contribution in [0.1, 0.15) is 30.1 Å². The summed E-state index contributed by atoms with van der Waals surface area (Å²) in [4.78, 5) is 2.29. The quantitative estimate of drug-likeness (QED) is 0.780. The van der Waals surface area contributed by atoms with E-state index in [9.17, 15) is 14.6 Å². The van der Waals surface area contributed by atoms with Crippen molar-refractivity contribution in [2.45, 2.75) is 31.9 Å². The third-order valence-corrected chi connectivity index (χ3v) is 4.85. The van der Waals surface area contributed by atoms with E-state index in [1.165, 1.54) is 6.07 Å². The van der Waals surface area contributed by atoms with Crippen molar-refractivity contribution < 1.29 is 14.6 Å². The number of aryl methyl sites for hydroxylation is 1. The van der Waals surface area contributed by atoms with Crippen LogP contribution < -0.4 is 10.2 Å². The lowest BCUT2D eigenvalue weighted by atomic mass is 10.0. The zero-order valence-electron chi connectivity index (χ0n) is 14.5. The highest BCUT2D eigenvalue weighted by Gasteiger charge is 2.21. The molecule has 3 N–H and O–H groups in total. The SMILES string of the molecule is Cc1cc(F)ccc1N1CCC(NCC(O)c2cccc(O)c2)CC1. The van der Waals surface area contributed by atoms with E-state index >= 15 is 0 Å². The van der Waals surface area contributed by atoms with Crippen LogP contribution in [0.25, 0.3) is 0 Å². The molecule has 1 aliphatic heterocycles. The van der Waals surface area contributed by atoms with Crippen LogP contribution in [-0.2, 0) is 0 Å². The number of anilines is 1. The van der Waals surface area contributed by atoms with E-state index in [0.717, 1.165) is 37.2 Å². The lowest BCUT2D eigenvalue weighted by molar-refractivity contribution is 0.167. The molecule has 0 bridgehead atoms. The van der Waals surface area contributed by atoms with Gasteiger partial charge < -0.3 is 20.4 Å². The Morgan fingerprint density at radius 1 is 1.20 bits per heavy atom. The molecule has 2 aromatic rings. The van der Waals surface area contributed by atoms with Gasteiger partial charge in [0.1, 0.15) is 11.6 Å². The van der Waals surface area contributed by atoms with Gasteiger partial charge in [-0.1, -0.05) is 12.1 Å². The average Bonchev–Trinajstić information content (AvgIpc) is 2.60. The summed E-state index contributed by atoms with van der Waals surface area (Å²) in [7, 11) is 0. The number of phenolic OH excluding ortho intramolecular Hbond substituents is 1. The van der Waals surface area contributed by atoms with Crippen LogP contribution in [0.5, 0.6) is 5.75 Å². The third-order valence-electron chi connectivity index (χ3n) is 4.85. The Hall–Kier alpha value is -2.11. The molecule has 0 aromatic heterocycles. The molecule has 25 heavy (non-hydrogen) atoms. The monoisotopic (exact) mass is 344 g/mol. The Kier molecular flexibility index (Phi) is 5.56. The standard InChI is InChI=1S/C20H25FN2O2/c1-14-11-16(21)5-6-19(14)23-9-7-17(8-10-23)22-13-20(25)15-3-2-4-18(24)12-15/h2-6,11-12,17,20,22,24-25H,7-10,13H2,1H3. The molecule has 0 spiro atoms. The van der Waals surface area contributed by atoms with Crippen molar-refractivity contribution in [2.24, 2.45) is 0 Å². The number of aliphatic hydroxyl groups excluding tert-OH is 1. The minimum atomic E-state index is -0.635. The molecule has 2 aromatic carbocycles. The zero-order valence-corrected chi connectivity index (χ0v) is 14.5. The summed E-state index contributed by atoms with van der Waals surface area (Å²) in [5.41, 5.74) is 2.78. The summed E-state index contributed by atoms with van der Waals surface area (Å²) in [6.07, 6.45) is 1.32. The van der Waals surface area contributed by atoms with Crippen LogP contribution >= 0.6 is 0 Å². The fourth-order valence-electron chi connectivity index (χ4n) is 3.43. The molecule has 134 valence electrons. The van der Waals surface area contributed by atoms with E-state index in [4.69, 9.17) is 0 Å². The van der Waals surface area contributed by atoms with Gasteiger partial charge in [0, 0.05) is 31.4 Å². The fourth-order valence-corrected chi connectivity index (χ4v) is 3.43. The number of rotatable bonds is 5. The lowest BCUT2D eigenvalue weighted by Gasteiger charge is -2.35. The van der Waals surface area contributed by atoms with E-state index in [-0.39, 0.29) is 11.6 Å². The fraction of sp³-hybridized carbons (Fsp3) is 0.400. The van der Waals surface area contributed by atoms with Crippen molar-refractivity contribution in [1.82, 2.24) is 5.32 Å². The van der Waals surface area contributed by atoms with Gasteiger partial charge in [0.25, 0.3) is 0 Å². The first-order valence-electron chi connectivity index (χ1n) is 8.74. The van der Waals surface area contributed by atoms with E-state index in [0.29, 0.717) is 18.2 Å². The van der Waals surface area contributed by atoms with Crippen molar-refractivity contribution in [3.63, 3.8) is 0 Å². The van der Waals surface area contributed by atoms with Crippen LogP contribution in [0.4, 0.5) is 10.1 Å². The number of phenols is 1. The van der Waals surface area contributed by atoms with Gasteiger partial charge in [-0.05, 0) is 61.2 Å². The first-order valence-corrected chi connectivity index (χ1v) is 8.74. The number of piperidine rings is 1. The molecule has 3 rings (SSSR count). The number of hydrogen-bond donors (Lipinski definition) is 3. The third kappa shape index (κ3) is 4.50. The summed E-state index contributed by atoms with van der Waals surface area (Å²) in [5, 5.41) is 23.2. The minimum absolute atomic E-state index is 0.166. The first kappa shape index (κ1) is 17.7. The Balaban J connectivity index is 1.49. The first-order chi connectivity index (χ1) is 12.0. The Labute approximate surface area is 147 Å². The van der Waals surface area contributed by atoms with Gasteiger partial charge in [0.05, 0.1) is 6.10 Å². The van der Waals surface area contributed by atoms with Crippen LogP contribution in [0, 0.1) is 12.7 Å². The molecular weight excluding hydrogens is 319 g/mol. The highest BCUT2D eigenvalue weighted by molar-refractivity contribution is 5.53. The second-order valence-electron chi connectivity index (χ2n) is 6.71. The number of nitrogens with zero attached hydrogens (tertiary/aromatic N) is 1. The molecule has 1 heterocycles. The van der Waals surface area contributed by atoms with Crippen LogP contribution in [-0.4, -0.2) is 35.9 Å². The summed E-state index contributed by atoms with van der Waals surface area (Å²) < 4.78 is 13.2. The molecule has 0 saturated carbocycles. The molecule has 0 radical (unpaired) electrons. The molecule has 0 aliphatic carbocycles. The van der Waals surface area contributed by atoms with Crippen molar-refractivity contribution >= 4 is 5.69 Å². The topological polar surface area (TPSA) is 55.7 Å². The van der Waals surface area contributed by atoms with Gasteiger partial charge in [0.15, 0.2) is 0 Å². The molecule has 1 fully saturated rings. The molecule has 1 unspecified atom stereocenters. The second kappa shape index (κ2) is 7.85. The summed E-state index contributed by atoms with van der Waals surface area (Å²) in [5.74, 6) is -0.0294. The smallest absolute Gasteiger partial charge is 0.123 e. The Bertz CT molecular complexity index is 715. The zero-order chi connectivity index (χ0) is 17.8. The maximum Gasteiger partial charge on any atom is 0.123 e. The number of nitrogens with one attached hydrogen (secondary N) is 1. The van der Waals surface area contributed by atoms with Gasteiger partial charge in [-0.3, -0.25) is 0 Å². The molecule has 1 aliphatic rings. The number of benzene rings is 2. The van der Waals surface area contributed by atoms with Gasteiger partial charge in [-0.25, -0.2) is 4.39 Å². The number of hydrogen-bond acceptors (Lipinski definition) is 4. The minimum Gasteiger partial charge on any atom is -0.508 e. The van der Waals surface area contributed by atoms with Crippen molar-refractivity contribution in [1.29, 1.82) is 0 Å². The van der Waals surface area contributed by atoms with Crippen LogP contribution in [0.3, 0.4) is 0 Å².